The van der Waals surface area contributed by atoms with E-state index in [-0.39, 0.29) is 17.3 Å². The molecule has 0 aliphatic carbocycles. The highest BCUT2D eigenvalue weighted by atomic mass is 19.1. The van der Waals surface area contributed by atoms with Crippen LogP contribution in [0.4, 0.5) is 10.1 Å². The van der Waals surface area contributed by atoms with Crippen molar-refractivity contribution in [3.05, 3.63) is 30.1 Å². The Kier molecular flexibility index (Phi) is 4.84. The van der Waals surface area contributed by atoms with Crippen molar-refractivity contribution in [2.24, 2.45) is 0 Å². The molecular formula is C14H20FNO2. The molecule has 1 atom stereocenters. The highest BCUT2D eigenvalue weighted by molar-refractivity contribution is 5.94. The van der Waals surface area contributed by atoms with Crippen LogP contribution in [0.25, 0.3) is 0 Å². The molecule has 1 aromatic carbocycles. The predicted molar refractivity (Wildman–Crippen MR) is 69.9 cm³/mol. The number of rotatable bonds is 4. The number of ether oxygens (including phenoxy) is 1. The van der Waals surface area contributed by atoms with Gasteiger partial charge in [-0.3, -0.25) is 4.79 Å². The summed E-state index contributed by atoms with van der Waals surface area (Å²) < 4.78 is 18.6. The second kappa shape index (κ2) is 5.96. The Morgan fingerprint density at radius 3 is 2.61 bits per heavy atom. The molecule has 18 heavy (non-hydrogen) atoms. The average Bonchev–Trinajstić information content (AvgIpc) is 2.24. The third kappa shape index (κ3) is 4.84. The van der Waals surface area contributed by atoms with E-state index in [4.69, 9.17) is 4.74 Å². The number of anilines is 1. The van der Waals surface area contributed by atoms with E-state index in [0.29, 0.717) is 12.1 Å². The van der Waals surface area contributed by atoms with Gasteiger partial charge in [0.15, 0.2) is 0 Å². The van der Waals surface area contributed by atoms with Crippen molar-refractivity contribution >= 4 is 11.6 Å². The topological polar surface area (TPSA) is 38.3 Å². The van der Waals surface area contributed by atoms with Crippen molar-refractivity contribution in [3.8, 4) is 0 Å². The minimum Gasteiger partial charge on any atom is -0.363 e. The van der Waals surface area contributed by atoms with E-state index in [1.165, 1.54) is 12.1 Å². The fourth-order valence-electron chi connectivity index (χ4n) is 1.54. The summed E-state index contributed by atoms with van der Waals surface area (Å²) in [5.41, 5.74) is 0.0518. The molecule has 0 fully saturated rings. The standard InChI is InChI=1S/C14H20FNO2/c1-5-12(18-14(2,3)4)13(17)16-11-8-6-7-10(15)9-11/h6-9,12H,5H2,1-4H3,(H,16,17). The van der Waals surface area contributed by atoms with Crippen LogP contribution in [0.2, 0.25) is 0 Å². The van der Waals surface area contributed by atoms with Crippen LogP contribution < -0.4 is 5.32 Å². The van der Waals surface area contributed by atoms with Gasteiger partial charge in [-0.2, -0.15) is 0 Å². The van der Waals surface area contributed by atoms with Crippen molar-refractivity contribution in [2.45, 2.75) is 45.8 Å². The highest BCUT2D eigenvalue weighted by Crippen LogP contribution is 2.16. The number of carbonyl (C=O) groups excluding carboxylic acids is 1. The van der Waals surface area contributed by atoms with Crippen molar-refractivity contribution in [1.82, 2.24) is 0 Å². The lowest BCUT2D eigenvalue weighted by molar-refractivity contribution is -0.137. The lowest BCUT2D eigenvalue weighted by Gasteiger charge is -2.26. The van der Waals surface area contributed by atoms with Crippen LogP contribution in [0.15, 0.2) is 24.3 Å². The van der Waals surface area contributed by atoms with Crippen LogP contribution in [-0.2, 0) is 9.53 Å². The van der Waals surface area contributed by atoms with Gasteiger partial charge in [0.05, 0.1) is 5.60 Å². The molecule has 0 saturated carbocycles. The first kappa shape index (κ1) is 14.6. The SMILES string of the molecule is CCC(OC(C)(C)C)C(=O)Nc1cccc(F)c1. The molecule has 1 aromatic rings. The summed E-state index contributed by atoms with van der Waals surface area (Å²) in [6.45, 7) is 7.56. The van der Waals surface area contributed by atoms with Gasteiger partial charge >= 0.3 is 0 Å². The number of carbonyl (C=O) groups is 1. The van der Waals surface area contributed by atoms with Gasteiger partial charge in [-0.25, -0.2) is 4.39 Å². The summed E-state index contributed by atoms with van der Waals surface area (Å²) >= 11 is 0. The summed E-state index contributed by atoms with van der Waals surface area (Å²) in [5.74, 6) is -0.629. The van der Waals surface area contributed by atoms with Crippen LogP contribution in [0, 0.1) is 5.82 Å². The van der Waals surface area contributed by atoms with E-state index in [1.807, 2.05) is 27.7 Å². The van der Waals surface area contributed by atoms with Crippen LogP contribution in [0.5, 0.6) is 0 Å². The summed E-state index contributed by atoms with van der Waals surface area (Å²) in [4.78, 5) is 12.0. The van der Waals surface area contributed by atoms with Gasteiger partial charge in [0, 0.05) is 5.69 Å². The zero-order valence-corrected chi connectivity index (χ0v) is 11.3. The van der Waals surface area contributed by atoms with Crippen molar-refractivity contribution in [1.29, 1.82) is 0 Å². The Morgan fingerprint density at radius 2 is 2.11 bits per heavy atom. The zero-order valence-electron chi connectivity index (χ0n) is 11.3. The zero-order chi connectivity index (χ0) is 13.8. The largest absolute Gasteiger partial charge is 0.363 e. The summed E-state index contributed by atoms with van der Waals surface area (Å²) in [7, 11) is 0. The number of halogens is 1. The molecule has 0 saturated heterocycles. The molecule has 0 aliphatic heterocycles. The quantitative estimate of drug-likeness (QED) is 0.893. The summed E-state index contributed by atoms with van der Waals surface area (Å²) in [6, 6.07) is 5.81. The first-order valence-corrected chi connectivity index (χ1v) is 6.06. The number of nitrogens with one attached hydrogen (secondary N) is 1. The molecule has 0 heterocycles. The molecule has 1 rings (SSSR count). The smallest absolute Gasteiger partial charge is 0.253 e. The van der Waals surface area contributed by atoms with Crippen molar-refractivity contribution in [2.75, 3.05) is 5.32 Å². The maximum atomic E-state index is 13.0. The molecule has 3 nitrogen and oxygen atoms in total. The first-order valence-electron chi connectivity index (χ1n) is 6.06. The normalized spacial score (nSPS) is 13.2. The van der Waals surface area contributed by atoms with E-state index in [0.717, 1.165) is 0 Å². The third-order valence-electron chi connectivity index (χ3n) is 2.25. The van der Waals surface area contributed by atoms with Crippen LogP contribution in [0.3, 0.4) is 0 Å². The Morgan fingerprint density at radius 1 is 1.44 bits per heavy atom. The molecule has 0 aromatic heterocycles. The molecule has 0 spiro atoms. The van der Waals surface area contributed by atoms with E-state index in [2.05, 4.69) is 5.32 Å². The van der Waals surface area contributed by atoms with Gasteiger partial charge in [-0.15, -0.1) is 0 Å². The van der Waals surface area contributed by atoms with Gasteiger partial charge in [0.2, 0.25) is 0 Å². The second-order valence-corrected chi connectivity index (χ2v) is 5.13. The number of benzene rings is 1. The average molecular weight is 253 g/mol. The lowest BCUT2D eigenvalue weighted by atomic mass is 10.1. The minimum absolute atomic E-state index is 0.252. The predicted octanol–water partition coefficient (Wildman–Crippen LogP) is 3.36. The first-order chi connectivity index (χ1) is 8.31. The number of amides is 1. The molecule has 0 radical (unpaired) electrons. The van der Waals surface area contributed by atoms with Gasteiger partial charge < -0.3 is 10.1 Å². The van der Waals surface area contributed by atoms with Crippen LogP contribution in [0.1, 0.15) is 34.1 Å². The molecule has 1 unspecified atom stereocenters. The summed E-state index contributed by atoms with van der Waals surface area (Å²) in [6.07, 6.45) is 0.0339. The maximum absolute atomic E-state index is 13.0. The third-order valence-corrected chi connectivity index (χ3v) is 2.25. The van der Waals surface area contributed by atoms with Gasteiger partial charge in [-0.1, -0.05) is 13.0 Å². The molecular weight excluding hydrogens is 233 g/mol. The Balaban J connectivity index is 2.68. The molecule has 1 N–H and O–H groups in total. The molecule has 4 heteroatoms. The molecule has 100 valence electrons. The maximum Gasteiger partial charge on any atom is 0.253 e. The van der Waals surface area contributed by atoms with E-state index >= 15 is 0 Å². The molecule has 1 amide bonds. The van der Waals surface area contributed by atoms with Gasteiger partial charge in [0.1, 0.15) is 11.9 Å². The summed E-state index contributed by atoms with van der Waals surface area (Å²) in [5, 5.41) is 2.65. The fourth-order valence-corrected chi connectivity index (χ4v) is 1.54. The minimum atomic E-state index is -0.534. The Bertz CT molecular complexity index is 413. The number of hydrogen-bond donors (Lipinski definition) is 1. The number of hydrogen-bond acceptors (Lipinski definition) is 2. The molecule has 0 aliphatic rings. The Labute approximate surface area is 107 Å². The monoisotopic (exact) mass is 253 g/mol. The van der Waals surface area contributed by atoms with E-state index in [9.17, 15) is 9.18 Å². The van der Waals surface area contributed by atoms with Gasteiger partial charge in [0.25, 0.3) is 5.91 Å². The van der Waals surface area contributed by atoms with Crippen molar-refractivity contribution in [3.63, 3.8) is 0 Å². The molecule has 0 bridgehead atoms. The fraction of sp³-hybridized carbons (Fsp3) is 0.500. The van der Waals surface area contributed by atoms with Crippen LogP contribution >= 0.6 is 0 Å². The lowest BCUT2D eigenvalue weighted by Crippen LogP contribution is -2.36. The van der Waals surface area contributed by atoms with Crippen molar-refractivity contribution < 1.29 is 13.9 Å². The van der Waals surface area contributed by atoms with E-state index in [1.54, 1.807) is 12.1 Å². The second-order valence-electron chi connectivity index (χ2n) is 5.13. The highest BCUT2D eigenvalue weighted by Gasteiger charge is 2.23. The Hall–Kier alpha value is -1.42. The van der Waals surface area contributed by atoms with Crippen LogP contribution in [-0.4, -0.2) is 17.6 Å². The van der Waals surface area contributed by atoms with E-state index < -0.39 is 6.10 Å². The van der Waals surface area contributed by atoms with Gasteiger partial charge in [-0.05, 0) is 45.4 Å².